The topological polar surface area (TPSA) is 77.2 Å². The first-order chi connectivity index (χ1) is 15.5. The summed E-state index contributed by atoms with van der Waals surface area (Å²) < 4.78 is 6.90. The number of benzene rings is 2. The Morgan fingerprint density at radius 2 is 2.00 bits per heavy atom. The van der Waals surface area contributed by atoms with Gasteiger partial charge in [0.25, 0.3) is 5.56 Å². The van der Waals surface area contributed by atoms with E-state index in [0.717, 1.165) is 33.2 Å². The van der Waals surface area contributed by atoms with Crippen LogP contribution < -0.4 is 5.56 Å². The summed E-state index contributed by atoms with van der Waals surface area (Å²) in [7, 11) is 0. The second kappa shape index (κ2) is 8.30. The summed E-state index contributed by atoms with van der Waals surface area (Å²) in [6, 6.07) is 13.7. The molecule has 0 amide bonds. The number of ether oxygens (including phenoxy) is 1. The fourth-order valence-electron chi connectivity index (χ4n) is 4.47. The number of allylic oxidation sites excluding steroid dienone is 1. The molecule has 0 bridgehead atoms. The number of aliphatic hydroxyl groups excluding tert-OH is 1. The molecule has 1 fully saturated rings. The van der Waals surface area contributed by atoms with Gasteiger partial charge >= 0.3 is 0 Å². The van der Waals surface area contributed by atoms with Crippen molar-refractivity contribution in [1.82, 2.24) is 14.5 Å². The van der Waals surface area contributed by atoms with Crippen molar-refractivity contribution in [3.63, 3.8) is 0 Å². The average molecular weight is 428 g/mol. The molecule has 0 saturated carbocycles. The normalized spacial score (nSPS) is 18.8. The maximum Gasteiger partial charge on any atom is 0.261 e. The van der Waals surface area contributed by atoms with Crippen molar-refractivity contribution in [2.75, 3.05) is 13.2 Å². The minimum absolute atomic E-state index is 0.135. The zero-order valence-corrected chi connectivity index (χ0v) is 18.0. The number of pyridine rings is 1. The minimum atomic E-state index is -0.724. The molecule has 2 aromatic carbocycles. The molecule has 0 spiro atoms. The molecule has 0 aliphatic carbocycles. The molecule has 1 aliphatic heterocycles. The van der Waals surface area contributed by atoms with Crippen LogP contribution in [0, 0.1) is 0 Å². The lowest BCUT2D eigenvalue weighted by Gasteiger charge is -2.29. The Morgan fingerprint density at radius 3 is 2.72 bits per heavy atom. The van der Waals surface area contributed by atoms with E-state index >= 15 is 0 Å². The Balaban J connectivity index is 1.65. The molecule has 162 valence electrons. The van der Waals surface area contributed by atoms with Crippen LogP contribution in [0.5, 0.6) is 0 Å². The summed E-state index contributed by atoms with van der Waals surface area (Å²) in [5.41, 5.74) is 4.45. The first-order valence-corrected chi connectivity index (χ1v) is 10.8. The quantitative estimate of drug-likeness (QED) is 0.500. The number of hydrogen-bond acceptors (Lipinski definition) is 5. The predicted octanol–water partition coefficient (Wildman–Crippen LogP) is 3.89. The largest absolute Gasteiger partial charge is 0.389 e. The van der Waals surface area contributed by atoms with Gasteiger partial charge in [-0.3, -0.25) is 14.3 Å². The van der Waals surface area contributed by atoms with Gasteiger partial charge in [0, 0.05) is 18.2 Å². The Labute approximate surface area is 185 Å². The lowest BCUT2D eigenvalue weighted by molar-refractivity contribution is -0.0395. The summed E-state index contributed by atoms with van der Waals surface area (Å²) in [6.45, 7) is 6.62. The van der Waals surface area contributed by atoms with Gasteiger partial charge in [-0.15, -0.1) is 0 Å². The molecule has 3 heterocycles. The first kappa shape index (κ1) is 20.5. The highest BCUT2D eigenvalue weighted by atomic mass is 16.5. The fourth-order valence-corrected chi connectivity index (χ4v) is 4.47. The molecule has 5 rings (SSSR count). The van der Waals surface area contributed by atoms with Crippen LogP contribution in [0.2, 0.25) is 0 Å². The Kier molecular flexibility index (Phi) is 5.33. The summed E-state index contributed by atoms with van der Waals surface area (Å²) in [5, 5.41) is 13.0. The van der Waals surface area contributed by atoms with Crippen molar-refractivity contribution in [2.45, 2.75) is 31.9 Å². The fraction of sp³-hybridized carbons (Fsp3) is 0.269. The van der Waals surface area contributed by atoms with Gasteiger partial charge in [0.05, 0.1) is 41.7 Å². The number of nitrogens with zero attached hydrogens (tertiary/aromatic N) is 3. The molecule has 6 nitrogen and oxygen atoms in total. The third-order valence-electron chi connectivity index (χ3n) is 6.18. The van der Waals surface area contributed by atoms with Crippen molar-refractivity contribution in [3.8, 4) is 0 Å². The van der Waals surface area contributed by atoms with E-state index < -0.39 is 6.10 Å². The maximum atomic E-state index is 13.5. The summed E-state index contributed by atoms with van der Waals surface area (Å²) >= 11 is 0. The van der Waals surface area contributed by atoms with Gasteiger partial charge in [0.1, 0.15) is 0 Å². The van der Waals surface area contributed by atoms with Crippen LogP contribution in [0.4, 0.5) is 0 Å². The number of aromatic nitrogens is 3. The molecular formula is C26H25N3O3. The van der Waals surface area contributed by atoms with Gasteiger partial charge in [-0.25, -0.2) is 4.98 Å². The first-order valence-electron chi connectivity index (χ1n) is 10.8. The van der Waals surface area contributed by atoms with Gasteiger partial charge in [-0.2, -0.15) is 0 Å². The minimum Gasteiger partial charge on any atom is -0.389 e. The molecule has 32 heavy (non-hydrogen) atoms. The van der Waals surface area contributed by atoms with Crippen molar-refractivity contribution in [3.05, 3.63) is 88.7 Å². The summed E-state index contributed by atoms with van der Waals surface area (Å²) in [4.78, 5) is 22.6. The highest BCUT2D eigenvalue weighted by Crippen LogP contribution is 2.28. The smallest absolute Gasteiger partial charge is 0.261 e. The molecule has 2 atom stereocenters. The average Bonchev–Trinajstić information content (AvgIpc) is 2.81. The van der Waals surface area contributed by atoms with Crippen molar-refractivity contribution < 1.29 is 9.84 Å². The van der Waals surface area contributed by atoms with Crippen LogP contribution in [0.15, 0.2) is 66.4 Å². The SMILES string of the molecule is C=C(C)c1ccc(Cc2cc3c(=O)n([C@H]4CCOC[C@@H]4O)cnc3c3ccccc23)cn1. The van der Waals surface area contributed by atoms with E-state index in [9.17, 15) is 9.90 Å². The van der Waals surface area contributed by atoms with E-state index in [-0.39, 0.29) is 18.2 Å². The molecule has 0 unspecified atom stereocenters. The van der Waals surface area contributed by atoms with E-state index in [1.165, 1.54) is 0 Å². The third kappa shape index (κ3) is 3.61. The lowest BCUT2D eigenvalue weighted by Crippen LogP contribution is -2.39. The maximum absolute atomic E-state index is 13.5. The van der Waals surface area contributed by atoms with E-state index in [2.05, 4.69) is 28.7 Å². The second-order valence-corrected chi connectivity index (χ2v) is 8.44. The van der Waals surface area contributed by atoms with Gasteiger partial charge in [-0.1, -0.05) is 36.9 Å². The van der Waals surface area contributed by atoms with Gasteiger partial charge in [0.2, 0.25) is 0 Å². The van der Waals surface area contributed by atoms with E-state index in [0.29, 0.717) is 30.4 Å². The summed E-state index contributed by atoms with van der Waals surface area (Å²) in [5.74, 6) is 0. The van der Waals surface area contributed by atoms with Crippen LogP contribution in [0.1, 0.15) is 36.2 Å². The van der Waals surface area contributed by atoms with Crippen LogP contribution >= 0.6 is 0 Å². The molecule has 4 aromatic rings. The van der Waals surface area contributed by atoms with Crippen molar-refractivity contribution in [1.29, 1.82) is 0 Å². The molecule has 6 heteroatoms. The Hall–Kier alpha value is -3.35. The van der Waals surface area contributed by atoms with Crippen molar-refractivity contribution >= 4 is 27.2 Å². The van der Waals surface area contributed by atoms with Crippen molar-refractivity contribution in [2.24, 2.45) is 0 Å². The van der Waals surface area contributed by atoms with Crippen LogP contribution in [0.3, 0.4) is 0 Å². The van der Waals surface area contributed by atoms with Gasteiger partial charge in [0.15, 0.2) is 0 Å². The van der Waals surface area contributed by atoms with E-state index in [4.69, 9.17) is 4.74 Å². The van der Waals surface area contributed by atoms with Gasteiger partial charge < -0.3 is 9.84 Å². The van der Waals surface area contributed by atoms with E-state index in [1.54, 1.807) is 10.9 Å². The Morgan fingerprint density at radius 1 is 1.19 bits per heavy atom. The Bertz CT molecular complexity index is 1380. The standard InChI is InChI=1S/C26H25N3O3/c1-16(2)22-8-7-17(13-27-22)11-18-12-21-25(20-6-4-3-5-19(18)20)28-15-29(26(21)31)23-9-10-32-14-24(23)30/h3-8,12-13,15,23-24,30H,1,9-11,14H2,2H3/t23-,24-/m0/s1. The molecular weight excluding hydrogens is 402 g/mol. The van der Waals surface area contributed by atoms with Gasteiger partial charge in [-0.05, 0) is 54.0 Å². The molecule has 0 radical (unpaired) electrons. The molecule has 1 saturated heterocycles. The molecule has 1 aliphatic rings. The number of hydrogen-bond donors (Lipinski definition) is 1. The van der Waals surface area contributed by atoms with Crippen LogP contribution in [-0.2, 0) is 11.2 Å². The lowest BCUT2D eigenvalue weighted by atomic mass is 9.96. The molecule has 1 N–H and O–H groups in total. The highest BCUT2D eigenvalue weighted by molar-refractivity contribution is 6.06. The third-order valence-corrected chi connectivity index (χ3v) is 6.18. The van der Waals surface area contributed by atoms with Crippen LogP contribution in [-0.4, -0.2) is 39.0 Å². The number of aliphatic hydroxyl groups is 1. The number of rotatable bonds is 4. The summed E-state index contributed by atoms with van der Waals surface area (Å²) in [6.07, 6.45) is 3.93. The van der Waals surface area contributed by atoms with Crippen LogP contribution in [0.25, 0.3) is 27.2 Å². The highest BCUT2D eigenvalue weighted by Gasteiger charge is 2.27. The zero-order chi connectivity index (χ0) is 22.2. The predicted molar refractivity (Wildman–Crippen MR) is 126 cm³/mol. The number of fused-ring (bicyclic) bond motifs is 3. The zero-order valence-electron chi connectivity index (χ0n) is 18.0. The van der Waals surface area contributed by atoms with E-state index in [1.807, 2.05) is 43.5 Å². The second-order valence-electron chi connectivity index (χ2n) is 8.44. The monoisotopic (exact) mass is 427 g/mol. The molecule has 2 aromatic heterocycles.